The zero-order chi connectivity index (χ0) is 22.8. The topological polar surface area (TPSA) is 97.9 Å². The Morgan fingerprint density at radius 2 is 1.74 bits per heavy atom. The molecule has 2 aromatic rings. The number of methoxy groups -OCH3 is 2. The molecular formula is C21H22BrN3O5S. The number of hydrazine groups is 1. The molecule has 3 N–H and O–H groups in total. The highest BCUT2D eigenvalue weighted by Crippen LogP contribution is 2.28. The van der Waals surface area contributed by atoms with Crippen molar-refractivity contribution in [1.82, 2.24) is 16.2 Å². The van der Waals surface area contributed by atoms with Crippen molar-refractivity contribution in [3.05, 3.63) is 58.1 Å². The van der Waals surface area contributed by atoms with Gasteiger partial charge in [0.15, 0.2) is 23.2 Å². The molecule has 0 aliphatic rings. The first-order chi connectivity index (χ1) is 14.8. The molecule has 0 atom stereocenters. The molecule has 31 heavy (non-hydrogen) atoms. The van der Waals surface area contributed by atoms with Gasteiger partial charge in [-0.25, -0.2) is 0 Å². The van der Waals surface area contributed by atoms with Crippen LogP contribution >= 0.6 is 28.1 Å². The first-order valence-electron chi connectivity index (χ1n) is 9.01. The molecule has 164 valence electrons. The molecule has 0 aliphatic carbocycles. The van der Waals surface area contributed by atoms with Gasteiger partial charge >= 0.3 is 0 Å². The van der Waals surface area contributed by atoms with Crippen molar-refractivity contribution in [2.75, 3.05) is 20.8 Å². The highest BCUT2D eigenvalue weighted by atomic mass is 79.9. The van der Waals surface area contributed by atoms with Gasteiger partial charge in [-0.1, -0.05) is 12.1 Å². The number of carbonyl (C=O) groups is 2. The molecule has 8 nitrogen and oxygen atoms in total. The third-order valence-electron chi connectivity index (χ3n) is 3.83. The van der Waals surface area contributed by atoms with E-state index < -0.39 is 11.8 Å². The number of benzene rings is 2. The number of nitrogens with one attached hydrogen (secondary N) is 3. The van der Waals surface area contributed by atoms with E-state index in [1.54, 1.807) is 37.5 Å². The Morgan fingerprint density at radius 1 is 1.03 bits per heavy atom. The van der Waals surface area contributed by atoms with E-state index in [9.17, 15) is 9.59 Å². The molecule has 2 rings (SSSR count). The van der Waals surface area contributed by atoms with Crippen molar-refractivity contribution in [2.45, 2.75) is 6.92 Å². The Hall–Kier alpha value is -3.11. The van der Waals surface area contributed by atoms with Crippen molar-refractivity contribution in [2.24, 2.45) is 0 Å². The Labute approximate surface area is 194 Å². The summed E-state index contributed by atoms with van der Waals surface area (Å²) in [5.74, 6) is 0.733. The first-order valence-corrected chi connectivity index (χ1v) is 10.2. The van der Waals surface area contributed by atoms with Crippen molar-refractivity contribution in [1.29, 1.82) is 0 Å². The van der Waals surface area contributed by atoms with Crippen LogP contribution in [0.5, 0.6) is 17.2 Å². The summed E-state index contributed by atoms with van der Waals surface area (Å²) in [5.41, 5.74) is 6.59. The Bertz CT molecular complexity index is 997. The number of halogens is 1. The molecule has 0 spiro atoms. The van der Waals surface area contributed by atoms with E-state index in [0.717, 1.165) is 15.6 Å². The second-order valence-corrected chi connectivity index (χ2v) is 7.42. The fourth-order valence-corrected chi connectivity index (χ4v) is 3.10. The summed E-state index contributed by atoms with van der Waals surface area (Å²) in [7, 11) is 3.07. The van der Waals surface area contributed by atoms with Gasteiger partial charge in [0.25, 0.3) is 5.91 Å². The quantitative estimate of drug-likeness (QED) is 0.301. The maximum absolute atomic E-state index is 12.0. The molecular weight excluding hydrogens is 486 g/mol. The molecule has 0 radical (unpaired) electrons. The monoisotopic (exact) mass is 507 g/mol. The number of thiocarbonyl (C=S) groups is 1. The number of ether oxygens (including phenoxy) is 3. The number of hydrogen-bond acceptors (Lipinski definition) is 6. The van der Waals surface area contributed by atoms with Gasteiger partial charge in [0.1, 0.15) is 5.75 Å². The molecule has 0 unspecified atom stereocenters. The predicted octanol–water partition coefficient (Wildman–Crippen LogP) is 2.89. The molecule has 2 amide bonds. The third kappa shape index (κ3) is 7.91. The molecule has 0 aliphatic heterocycles. The number of carbonyl (C=O) groups excluding carboxylic acids is 2. The number of hydrogen-bond donors (Lipinski definition) is 3. The van der Waals surface area contributed by atoms with Gasteiger partial charge in [-0.15, -0.1) is 0 Å². The smallest absolute Gasteiger partial charge is 0.276 e. The summed E-state index contributed by atoms with van der Waals surface area (Å²) in [6.07, 6.45) is 2.89. The summed E-state index contributed by atoms with van der Waals surface area (Å²) < 4.78 is 16.6. The van der Waals surface area contributed by atoms with Crippen LogP contribution in [0.1, 0.15) is 11.1 Å². The van der Waals surface area contributed by atoms with Crippen molar-refractivity contribution >= 4 is 51.2 Å². The Kier molecular flexibility index (Phi) is 9.29. The normalized spacial score (nSPS) is 10.3. The van der Waals surface area contributed by atoms with Gasteiger partial charge in [-0.05, 0) is 76.5 Å². The van der Waals surface area contributed by atoms with E-state index in [-0.39, 0.29) is 11.7 Å². The number of rotatable bonds is 7. The highest BCUT2D eigenvalue weighted by molar-refractivity contribution is 9.10. The van der Waals surface area contributed by atoms with Crippen molar-refractivity contribution < 1.29 is 23.8 Å². The lowest BCUT2D eigenvalue weighted by molar-refractivity contribution is -0.123. The maximum atomic E-state index is 12.0. The SMILES string of the molecule is COc1ccc(C=CC(=O)NC(=S)NNC(=O)COc2ccc(C)cc2Br)cc1OC. The van der Waals surface area contributed by atoms with Gasteiger partial charge < -0.3 is 14.2 Å². The standard InChI is InChI=1S/C21H22BrN3O5S/c1-13-4-7-16(15(22)10-13)30-12-20(27)24-25-21(31)23-19(26)9-6-14-5-8-17(28-2)18(11-14)29-3/h4-11H,12H2,1-3H3,(H,24,27)(H2,23,25,26,31). The molecule has 0 bridgehead atoms. The van der Waals surface area contributed by atoms with Crippen LogP contribution in [0.3, 0.4) is 0 Å². The number of amides is 2. The molecule has 0 aromatic heterocycles. The van der Waals surface area contributed by atoms with E-state index in [0.29, 0.717) is 17.2 Å². The van der Waals surface area contributed by atoms with E-state index in [2.05, 4.69) is 32.1 Å². The lowest BCUT2D eigenvalue weighted by atomic mass is 10.2. The summed E-state index contributed by atoms with van der Waals surface area (Å²) in [6.45, 7) is 1.72. The minimum Gasteiger partial charge on any atom is -0.493 e. The Morgan fingerprint density at radius 3 is 2.42 bits per heavy atom. The van der Waals surface area contributed by atoms with E-state index in [1.807, 2.05) is 19.1 Å². The van der Waals surface area contributed by atoms with Crippen molar-refractivity contribution in [3.63, 3.8) is 0 Å². The van der Waals surface area contributed by atoms with Crippen LogP contribution in [0.2, 0.25) is 0 Å². The Balaban J connectivity index is 1.76. The van der Waals surface area contributed by atoms with Crippen LogP contribution in [0.4, 0.5) is 0 Å². The van der Waals surface area contributed by atoms with Crippen LogP contribution in [0.15, 0.2) is 46.9 Å². The van der Waals surface area contributed by atoms with Gasteiger partial charge in [-0.2, -0.15) is 0 Å². The van der Waals surface area contributed by atoms with Gasteiger partial charge in [-0.3, -0.25) is 25.8 Å². The van der Waals surface area contributed by atoms with Crippen LogP contribution in [-0.2, 0) is 9.59 Å². The first kappa shape index (κ1) is 24.2. The summed E-state index contributed by atoms with van der Waals surface area (Å²) in [5, 5.41) is 2.36. The average molecular weight is 508 g/mol. The molecule has 10 heteroatoms. The zero-order valence-electron chi connectivity index (χ0n) is 17.2. The largest absolute Gasteiger partial charge is 0.493 e. The van der Waals surface area contributed by atoms with E-state index in [1.165, 1.54) is 13.2 Å². The van der Waals surface area contributed by atoms with E-state index >= 15 is 0 Å². The summed E-state index contributed by atoms with van der Waals surface area (Å²) in [6, 6.07) is 10.7. The van der Waals surface area contributed by atoms with Crippen LogP contribution in [0.25, 0.3) is 6.08 Å². The van der Waals surface area contributed by atoms with Gasteiger partial charge in [0.2, 0.25) is 5.91 Å². The van der Waals surface area contributed by atoms with Gasteiger partial charge in [0, 0.05) is 6.08 Å². The highest BCUT2D eigenvalue weighted by Gasteiger charge is 2.08. The van der Waals surface area contributed by atoms with Crippen LogP contribution in [-0.4, -0.2) is 37.8 Å². The molecule has 2 aromatic carbocycles. The average Bonchev–Trinajstić information content (AvgIpc) is 2.75. The second-order valence-electron chi connectivity index (χ2n) is 6.16. The second kappa shape index (κ2) is 11.9. The molecule has 0 heterocycles. The van der Waals surface area contributed by atoms with Crippen molar-refractivity contribution in [3.8, 4) is 17.2 Å². The van der Waals surface area contributed by atoms with Crippen LogP contribution in [0, 0.1) is 6.92 Å². The van der Waals surface area contributed by atoms with Crippen LogP contribution < -0.4 is 30.4 Å². The fourth-order valence-electron chi connectivity index (χ4n) is 2.34. The fraction of sp³-hybridized carbons (Fsp3) is 0.190. The minimum absolute atomic E-state index is 0.0631. The summed E-state index contributed by atoms with van der Waals surface area (Å²) in [4.78, 5) is 23.9. The number of aryl methyl sites for hydroxylation is 1. The lowest BCUT2D eigenvalue weighted by Crippen LogP contribution is -2.49. The molecule has 0 saturated heterocycles. The molecule has 0 fully saturated rings. The van der Waals surface area contributed by atoms with Gasteiger partial charge in [0.05, 0.1) is 18.7 Å². The lowest BCUT2D eigenvalue weighted by Gasteiger charge is -2.11. The third-order valence-corrected chi connectivity index (χ3v) is 4.66. The predicted molar refractivity (Wildman–Crippen MR) is 125 cm³/mol. The molecule has 0 saturated carbocycles. The minimum atomic E-state index is -0.471. The summed E-state index contributed by atoms with van der Waals surface area (Å²) >= 11 is 8.36. The zero-order valence-corrected chi connectivity index (χ0v) is 19.6. The van der Waals surface area contributed by atoms with E-state index in [4.69, 9.17) is 26.4 Å². The maximum Gasteiger partial charge on any atom is 0.276 e.